The second-order valence-electron chi connectivity index (χ2n) is 6.38. The van der Waals surface area contributed by atoms with Gasteiger partial charge in [-0.2, -0.15) is 5.10 Å². The van der Waals surface area contributed by atoms with E-state index in [-0.39, 0.29) is 0 Å². The van der Waals surface area contributed by atoms with E-state index >= 15 is 0 Å². The molecule has 2 aliphatic rings. The van der Waals surface area contributed by atoms with Gasteiger partial charge < -0.3 is 4.90 Å². The number of Topliss-reactive ketones (excluding diaryl/α,β-unsaturated/α-hetero) is 1. The first kappa shape index (κ1) is 13.8. The van der Waals surface area contributed by atoms with Crippen LogP contribution in [0.15, 0.2) is 12.4 Å². The van der Waals surface area contributed by atoms with Crippen LogP contribution in [-0.2, 0) is 11.2 Å². The molecule has 110 valence electrons. The van der Waals surface area contributed by atoms with Gasteiger partial charge in [0.05, 0.1) is 12.2 Å². The topological polar surface area (TPSA) is 38.1 Å². The highest BCUT2D eigenvalue weighted by Crippen LogP contribution is 2.35. The van der Waals surface area contributed by atoms with Crippen LogP contribution in [0.3, 0.4) is 0 Å². The van der Waals surface area contributed by atoms with E-state index < -0.39 is 0 Å². The van der Waals surface area contributed by atoms with Crippen LogP contribution < -0.4 is 0 Å². The molecule has 1 aliphatic carbocycles. The zero-order valence-electron chi connectivity index (χ0n) is 12.6. The highest BCUT2D eigenvalue weighted by Gasteiger charge is 2.37. The Hall–Kier alpha value is -1.16. The maximum atomic E-state index is 11.3. The molecular formula is C16H25N3O. The summed E-state index contributed by atoms with van der Waals surface area (Å²) >= 11 is 0. The molecule has 1 saturated heterocycles. The highest BCUT2D eigenvalue weighted by molar-refractivity contribution is 5.79. The number of rotatable bonds is 4. The molecule has 3 rings (SSSR count). The van der Waals surface area contributed by atoms with Gasteiger partial charge in [-0.05, 0) is 44.6 Å². The molecule has 0 radical (unpaired) electrons. The van der Waals surface area contributed by atoms with E-state index in [1.807, 2.05) is 6.20 Å². The summed E-state index contributed by atoms with van der Waals surface area (Å²) in [6, 6.07) is 1.23. The van der Waals surface area contributed by atoms with Crippen molar-refractivity contribution in [3.63, 3.8) is 0 Å². The van der Waals surface area contributed by atoms with Gasteiger partial charge in [-0.25, -0.2) is 0 Å². The highest BCUT2D eigenvalue weighted by atomic mass is 16.1. The monoisotopic (exact) mass is 275 g/mol. The van der Waals surface area contributed by atoms with E-state index in [9.17, 15) is 4.79 Å². The summed E-state index contributed by atoms with van der Waals surface area (Å²) in [6.07, 6.45) is 9.81. The van der Waals surface area contributed by atoms with Gasteiger partial charge in [0, 0.05) is 31.2 Å². The van der Waals surface area contributed by atoms with Gasteiger partial charge in [0.2, 0.25) is 0 Å². The van der Waals surface area contributed by atoms with E-state index in [1.54, 1.807) is 6.92 Å². The Morgan fingerprint density at radius 1 is 1.30 bits per heavy atom. The molecule has 2 fully saturated rings. The van der Waals surface area contributed by atoms with Crippen LogP contribution in [0.5, 0.6) is 0 Å². The van der Waals surface area contributed by atoms with Crippen LogP contribution in [0.25, 0.3) is 0 Å². The number of ketones is 1. The minimum atomic E-state index is 0.343. The summed E-state index contributed by atoms with van der Waals surface area (Å²) in [7, 11) is 0. The maximum Gasteiger partial charge on any atom is 0.133 e. The predicted octanol–water partition coefficient (Wildman–Crippen LogP) is 2.45. The second-order valence-corrected chi connectivity index (χ2v) is 6.38. The zero-order valence-corrected chi connectivity index (χ0v) is 12.6. The van der Waals surface area contributed by atoms with Crippen molar-refractivity contribution in [3.05, 3.63) is 18.0 Å². The molecule has 1 saturated carbocycles. The Kier molecular flexibility index (Phi) is 3.92. The molecule has 0 bridgehead atoms. The SMILES string of the molecule is CCc1cnn(C2CCN([C@H]3C[C@@H](C(C)=O)C3)CC2)c1. The molecule has 0 amide bonds. The first-order valence-corrected chi connectivity index (χ1v) is 7.95. The molecule has 1 aromatic heterocycles. The van der Waals surface area contributed by atoms with Gasteiger partial charge >= 0.3 is 0 Å². The van der Waals surface area contributed by atoms with E-state index in [1.165, 1.54) is 18.4 Å². The normalized spacial score (nSPS) is 28.3. The maximum absolute atomic E-state index is 11.3. The third kappa shape index (κ3) is 2.66. The lowest BCUT2D eigenvalue weighted by molar-refractivity contribution is -0.125. The van der Waals surface area contributed by atoms with Crippen LogP contribution in [0.4, 0.5) is 0 Å². The van der Waals surface area contributed by atoms with Crippen LogP contribution in [0, 0.1) is 5.92 Å². The van der Waals surface area contributed by atoms with Crippen molar-refractivity contribution >= 4 is 5.78 Å². The van der Waals surface area contributed by atoms with Crippen LogP contribution in [-0.4, -0.2) is 39.6 Å². The van der Waals surface area contributed by atoms with Crippen LogP contribution in [0.1, 0.15) is 51.1 Å². The number of hydrogen-bond acceptors (Lipinski definition) is 3. The standard InChI is InChI=1S/C16H25N3O/c1-3-13-10-17-19(11-13)15-4-6-18(7-5-15)16-8-14(9-16)12(2)20/h10-11,14-16H,3-9H2,1-2H3/t14-,16+. The molecular weight excluding hydrogens is 250 g/mol. The molecule has 0 aromatic carbocycles. The summed E-state index contributed by atoms with van der Waals surface area (Å²) in [6.45, 7) is 6.21. The van der Waals surface area contributed by atoms with Gasteiger partial charge in [-0.3, -0.25) is 9.48 Å². The molecule has 0 atom stereocenters. The van der Waals surface area contributed by atoms with Gasteiger partial charge in [0.15, 0.2) is 0 Å². The van der Waals surface area contributed by atoms with Crippen LogP contribution in [0.2, 0.25) is 0 Å². The van der Waals surface area contributed by atoms with Gasteiger partial charge in [0.1, 0.15) is 5.78 Å². The molecule has 0 spiro atoms. The second kappa shape index (κ2) is 5.68. The Bertz CT molecular complexity index is 468. The fraction of sp³-hybridized carbons (Fsp3) is 0.750. The van der Waals surface area contributed by atoms with Crippen molar-refractivity contribution in [3.8, 4) is 0 Å². The largest absolute Gasteiger partial charge is 0.300 e. The molecule has 0 N–H and O–H groups in total. The van der Waals surface area contributed by atoms with Gasteiger partial charge in [-0.1, -0.05) is 6.92 Å². The van der Waals surface area contributed by atoms with E-state index in [0.717, 1.165) is 32.4 Å². The van der Waals surface area contributed by atoms with Crippen LogP contribution >= 0.6 is 0 Å². The molecule has 4 nitrogen and oxygen atoms in total. The van der Waals surface area contributed by atoms with Gasteiger partial charge in [0.25, 0.3) is 0 Å². The number of piperidine rings is 1. The van der Waals surface area contributed by atoms with Crippen molar-refractivity contribution in [2.24, 2.45) is 5.92 Å². The first-order valence-electron chi connectivity index (χ1n) is 7.95. The Labute approximate surface area is 121 Å². The summed E-state index contributed by atoms with van der Waals surface area (Å²) in [5.41, 5.74) is 1.33. The number of hydrogen-bond donors (Lipinski definition) is 0. The number of carbonyl (C=O) groups excluding carboxylic acids is 1. The molecule has 20 heavy (non-hydrogen) atoms. The molecule has 0 unspecified atom stereocenters. The van der Waals surface area contributed by atoms with Crippen molar-refractivity contribution in [1.29, 1.82) is 0 Å². The Morgan fingerprint density at radius 3 is 2.55 bits per heavy atom. The Balaban J connectivity index is 1.49. The van der Waals surface area contributed by atoms with E-state index in [4.69, 9.17) is 0 Å². The van der Waals surface area contributed by atoms with Crippen molar-refractivity contribution in [1.82, 2.24) is 14.7 Å². The average molecular weight is 275 g/mol. The number of aromatic nitrogens is 2. The lowest BCUT2D eigenvalue weighted by Crippen LogP contribution is -2.49. The third-order valence-corrected chi connectivity index (χ3v) is 5.14. The minimum Gasteiger partial charge on any atom is -0.300 e. The van der Waals surface area contributed by atoms with Crippen molar-refractivity contribution in [2.45, 2.75) is 58.0 Å². The third-order valence-electron chi connectivity index (χ3n) is 5.14. The van der Waals surface area contributed by atoms with Gasteiger partial charge in [-0.15, -0.1) is 0 Å². The number of nitrogens with zero attached hydrogens (tertiary/aromatic N) is 3. The fourth-order valence-corrected chi connectivity index (χ4v) is 3.49. The smallest absolute Gasteiger partial charge is 0.133 e. The minimum absolute atomic E-state index is 0.343. The van der Waals surface area contributed by atoms with E-state index in [2.05, 4.69) is 27.8 Å². The average Bonchev–Trinajstić information content (AvgIpc) is 2.86. The Morgan fingerprint density at radius 2 is 2.00 bits per heavy atom. The number of likely N-dealkylation sites (tertiary alicyclic amines) is 1. The summed E-state index contributed by atoms with van der Waals surface area (Å²) in [5, 5.41) is 4.50. The quantitative estimate of drug-likeness (QED) is 0.847. The fourth-order valence-electron chi connectivity index (χ4n) is 3.49. The first-order chi connectivity index (χ1) is 9.67. The summed E-state index contributed by atoms with van der Waals surface area (Å²) in [5.74, 6) is 0.718. The van der Waals surface area contributed by atoms with E-state index in [0.29, 0.717) is 23.8 Å². The molecule has 4 heteroatoms. The van der Waals surface area contributed by atoms with Crippen molar-refractivity contribution in [2.75, 3.05) is 13.1 Å². The summed E-state index contributed by atoms with van der Waals surface area (Å²) in [4.78, 5) is 13.9. The zero-order chi connectivity index (χ0) is 14.1. The predicted molar refractivity (Wildman–Crippen MR) is 78.6 cm³/mol. The number of aryl methyl sites for hydroxylation is 1. The molecule has 2 heterocycles. The lowest BCUT2D eigenvalue weighted by atomic mass is 9.76. The molecule has 1 aromatic rings. The molecule has 1 aliphatic heterocycles. The summed E-state index contributed by atoms with van der Waals surface area (Å²) < 4.78 is 2.16. The lowest BCUT2D eigenvalue weighted by Gasteiger charge is -2.45. The van der Waals surface area contributed by atoms with Crippen molar-refractivity contribution < 1.29 is 4.79 Å². The number of carbonyl (C=O) groups is 1.